The summed E-state index contributed by atoms with van der Waals surface area (Å²) < 4.78 is 0. The fourth-order valence-electron chi connectivity index (χ4n) is 5.92. The highest BCUT2D eigenvalue weighted by Gasteiger charge is 2.25. The molecule has 2 saturated heterocycles. The second-order valence-electron chi connectivity index (χ2n) is 11.5. The number of ketones is 1. The Balaban J connectivity index is 1.05. The smallest absolute Gasteiger partial charge is 0.255 e. The Morgan fingerprint density at radius 3 is 2.12 bits per heavy atom. The van der Waals surface area contributed by atoms with Gasteiger partial charge in [-0.3, -0.25) is 19.5 Å². The number of likely N-dealkylation sites (tertiary alicyclic amines) is 2. The van der Waals surface area contributed by atoms with Crippen molar-refractivity contribution in [3.05, 3.63) is 100 Å². The number of benzene rings is 2. The van der Waals surface area contributed by atoms with E-state index in [1.54, 1.807) is 18.3 Å². The lowest BCUT2D eigenvalue weighted by Gasteiger charge is -2.32. The van der Waals surface area contributed by atoms with Gasteiger partial charge in [0.2, 0.25) is 0 Å². The third-order valence-electron chi connectivity index (χ3n) is 8.51. The molecule has 0 saturated carbocycles. The van der Waals surface area contributed by atoms with E-state index in [4.69, 9.17) is 5.26 Å². The highest BCUT2D eigenvalue weighted by atomic mass is 16.2. The van der Waals surface area contributed by atoms with Gasteiger partial charge in [0.15, 0.2) is 5.78 Å². The molecule has 2 aliphatic rings. The van der Waals surface area contributed by atoms with Gasteiger partial charge in [0.25, 0.3) is 5.91 Å². The van der Waals surface area contributed by atoms with Crippen molar-refractivity contribution in [2.45, 2.75) is 52.0 Å². The molecule has 3 heterocycles. The van der Waals surface area contributed by atoms with Crippen LogP contribution in [-0.2, 0) is 13.0 Å². The molecule has 0 N–H and O–H groups in total. The molecule has 6 heteroatoms. The van der Waals surface area contributed by atoms with Crippen molar-refractivity contribution in [2.75, 3.05) is 26.2 Å². The van der Waals surface area contributed by atoms with Crippen molar-refractivity contribution in [1.29, 1.82) is 5.26 Å². The second kappa shape index (κ2) is 13.0. The largest absolute Gasteiger partial charge is 0.339 e. The molecule has 0 bridgehead atoms. The number of aryl methyl sites for hydroxylation is 1. The van der Waals surface area contributed by atoms with E-state index in [9.17, 15) is 9.59 Å². The third kappa shape index (κ3) is 7.22. The van der Waals surface area contributed by atoms with Crippen LogP contribution in [-0.4, -0.2) is 52.7 Å². The van der Waals surface area contributed by atoms with Gasteiger partial charge in [-0.15, -0.1) is 0 Å². The van der Waals surface area contributed by atoms with Crippen molar-refractivity contribution < 1.29 is 9.59 Å². The Morgan fingerprint density at radius 1 is 0.850 bits per heavy atom. The van der Waals surface area contributed by atoms with Gasteiger partial charge in [-0.1, -0.05) is 42.0 Å². The standard InChI is InChI=1S/C34H38N4O2/c1-25-2-4-26(5-3-25)20-27-14-18-38(19-15-27)34(40)31-10-11-32(36-23-31)33(39)21-28-12-16-37(17-13-28)24-30-8-6-29(22-35)7-9-30/h2-11,23,27-28H,12-21,24H2,1H3. The summed E-state index contributed by atoms with van der Waals surface area (Å²) in [7, 11) is 0. The molecule has 0 unspecified atom stereocenters. The maximum absolute atomic E-state index is 13.1. The van der Waals surface area contributed by atoms with Crippen molar-refractivity contribution in [3.8, 4) is 6.07 Å². The highest BCUT2D eigenvalue weighted by molar-refractivity contribution is 5.97. The number of rotatable bonds is 8. The van der Waals surface area contributed by atoms with Crippen LogP contribution in [0.25, 0.3) is 0 Å². The zero-order chi connectivity index (χ0) is 27.9. The molecule has 0 atom stereocenters. The number of nitriles is 1. The number of pyridine rings is 1. The minimum Gasteiger partial charge on any atom is -0.339 e. The van der Waals surface area contributed by atoms with Crippen LogP contribution in [0, 0.1) is 30.1 Å². The number of aromatic nitrogens is 1. The number of carbonyl (C=O) groups excluding carboxylic acids is 2. The summed E-state index contributed by atoms with van der Waals surface area (Å²) in [6.45, 7) is 6.42. The lowest BCUT2D eigenvalue weighted by molar-refractivity contribution is 0.0689. The van der Waals surface area contributed by atoms with Crippen LogP contribution in [0.2, 0.25) is 0 Å². The van der Waals surface area contributed by atoms with Crippen LogP contribution in [0.4, 0.5) is 0 Å². The second-order valence-corrected chi connectivity index (χ2v) is 11.5. The Labute approximate surface area is 237 Å². The lowest BCUT2D eigenvalue weighted by Crippen LogP contribution is -2.39. The van der Waals surface area contributed by atoms with E-state index in [1.165, 1.54) is 16.7 Å². The minimum atomic E-state index is 0.00919. The van der Waals surface area contributed by atoms with Crippen molar-refractivity contribution in [1.82, 2.24) is 14.8 Å². The average Bonchev–Trinajstić information content (AvgIpc) is 3.00. The summed E-state index contributed by atoms with van der Waals surface area (Å²) >= 11 is 0. The number of Topliss-reactive ketones (excluding diaryl/α,β-unsaturated/α-hetero) is 1. The van der Waals surface area contributed by atoms with Crippen LogP contribution >= 0.6 is 0 Å². The highest BCUT2D eigenvalue weighted by Crippen LogP contribution is 2.25. The Hall–Kier alpha value is -3.82. The predicted molar refractivity (Wildman–Crippen MR) is 156 cm³/mol. The van der Waals surface area contributed by atoms with E-state index in [0.717, 1.165) is 64.8 Å². The maximum Gasteiger partial charge on any atom is 0.255 e. The molecule has 5 rings (SSSR count). The molecule has 6 nitrogen and oxygen atoms in total. The van der Waals surface area contributed by atoms with E-state index in [2.05, 4.69) is 47.1 Å². The third-order valence-corrected chi connectivity index (χ3v) is 8.51. The van der Waals surface area contributed by atoms with Gasteiger partial charge in [0.05, 0.1) is 17.2 Å². The average molecular weight is 535 g/mol. The van der Waals surface area contributed by atoms with Crippen LogP contribution < -0.4 is 0 Å². The van der Waals surface area contributed by atoms with Crippen LogP contribution in [0.5, 0.6) is 0 Å². The summed E-state index contributed by atoms with van der Waals surface area (Å²) in [4.78, 5) is 34.7. The van der Waals surface area contributed by atoms with Gasteiger partial charge in [0, 0.05) is 32.3 Å². The number of nitrogens with zero attached hydrogens (tertiary/aromatic N) is 4. The summed E-state index contributed by atoms with van der Waals surface area (Å²) in [6, 6.07) is 22.2. The van der Waals surface area contributed by atoms with E-state index in [1.807, 2.05) is 29.2 Å². The van der Waals surface area contributed by atoms with Crippen LogP contribution in [0.15, 0.2) is 66.9 Å². The zero-order valence-electron chi connectivity index (χ0n) is 23.4. The molecule has 3 aromatic rings. The van der Waals surface area contributed by atoms with Crippen molar-refractivity contribution in [2.24, 2.45) is 11.8 Å². The molecule has 2 aromatic carbocycles. The number of hydrogen-bond donors (Lipinski definition) is 0. The van der Waals surface area contributed by atoms with E-state index < -0.39 is 0 Å². The fraction of sp³-hybridized carbons (Fsp3) is 0.412. The number of carbonyl (C=O) groups is 2. The first-order valence-corrected chi connectivity index (χ1v) is 14.5. The Kier molecular flexibility index (Phi) is 9.03. The van der Waals surface area contributed by atoms with Gasteiger partial charge in [-0.25, -0.2) is 0 Å². The van der Waals surface area contributed by atoms with Gasteiger partial charge < -0.3 is 4.90 Å². The first-order chi connectivity index (χ1) is 19.5. The zero-order valence-corrected chi connectivity index (χ0v) is 23.4. The molecule has 2 fully saturated rings. The SMILES string of the molecule is Cc1ccc(CC2CCN(C(=O)c3ccc(C(=O)CC4CCN(Cc5ccc(C#N)cc5)CC4)nc3)CC2)cc1. The first kappa shape index (κ1) is 27.7. The van der Waals surface area contributed by atoms with Gasteiger partial charge in [0.1, 0.15) is 5.69 Å². The molecule has 0 aliphatic carbocycles. The predicted octanol–water partition coefficient (Wildman–Crippen LogP) is 5.84. The summed E-state index contributed by atoms with van der Waals surface area (Å²) in [5.41, 5.74) is 5.55. The number of hydrogen-bond acceptors (Lipinski definition) is 5. The number of piperidine rings is 2. The van der Waals surface area contributed by atoms with Crippen molar-refractivity contribution >= 4 is 11.7 Å². The summed E-state index contributed by atoms with van der Waals surface area (Å²) in [5.74, 6) is 1.03. The fourth-order valence-corrected chi connectivity index (χ4v) is 5.92. The molecule has 1 amide bonds. The van der Waals surface area contributed by atoms with Crippen LogP contribution in [0.3, 0.4) is 0 Å². The van der Waals surface area contributed by atoms with Crippen molar-refractivity contribution in [3.63, 3.8) is 0 Å². The van der Waals surface area contributed by atoms with Gasteiger partial charge in [-0.2, -0.15) is 5.26 Å². The molecule has 1 aromatic heterocycles. The summed E-state index contributed by atoms with van der Waals surface area (Å²) in [5, 5.41) is 8.97. The molecule has 206 valence electrons. The first-order valence-electron chi connectivity index (χ1n) is 14.5. The van der Waals surface area contributed by atoms with E-state index in [0.29, 0.717) is 35.1 Å². The molecule has 0 radical (unpaired) electrons. The Morgan fingerprint density at radius 2 is 1.50 bits per heavy atom. The normalized spacial score (nSPS) is 16.9. The van der Waals surface area contributed by atoms with E-state index in [-0.39, 0.29) is 11.7 Å². The van der Waals surface area contributed by atoms with Gasteiger partial charge >= 0.3 is 0 Å². The lowest BCUT2D eigenvalue weighted by atomic mass is 9.89. The molecule has 2 aliphatic heterocycles. The maximum atomic E-state index is 13.1. The molecular formula is C34H38N4O2. The quantitative estimate of drug-likeness (QED) is 0.339. The summed E-state index contributed by atoms with van der Waals surface area (Å²) in [6.07, 6.45) is 7.13. The minimum absolute atomic E-state index is 0.00919. The van der Waals surface area contributed by atoms with Crippen LogP contribution in [0.1, 0.15) is 75.2 Å². The topological polar surface area (TPSA) is 77.3 Å². The number of amides is 1. The van der Waals surface area contributed by atoms with Gasteiger partial charge in [-0.05, 0) is 99.3 Å². The molecule has 0 spiro atoms. The molecule has 40 heavy (non-hydrogen) atoms. The molecular weight excluding hydrogens is 496 g/mol. The van der Waals surface area contributed by atoms with E-state index >= 15 is 0 Å². The Bertz CT molecular complexity index is 1330. The monoisotopic (exact) mass is 534 g/mol.